The fraction of sp³-hybridized carbons (Fsp3) is 0.136. The van der Waals surface area contributed by atoms with Crippen LogP contribution in [0, 0.1) is 6.92 Å². The van der Waals surface area contributed by atoms with E-state index in [4.69, 9.17) is 4.55 Å². The number of benzene rings is 3. The van der Waals surface area contributed by atoms with Crippen molar-refractivity contribution in [1.29, 1.82) is 0 Å². The Labute approximate surface area is 215 Å². The van der Waals surface area contributed by atoms with Crippen molar-refractivity contribution < 1.29 is 35.5 Å². The summed E-state index contributed by atoms with van der Waals surface area (Å²) in [6.45, 7) is 1.02. The van der Waals surface area contributed by atoms with E-state index in [1.807, 2.05) is 13.0 Å². The van der Waals surface area contributed by atoms with Crippen LogP contribution < -0.4 is 32.4 Å². The Hall–Kier alpha value is -4.25. The minimum Gasteiger partial charge on any atom is -0.478 e. The van der Waals surface area contributed by atoms with Crippen LogP contribution in [-0.2, 0) is 24.4 Å². The molecule has 4 N–H and O–H groups in total. The number of nitrogens with zero attached hydrogens (tertiary/aromatic N) is 2. The van der Waals surface area contributed by atoms with Gasteiger partial charge in [-0.15, -0.1) is 0 Å². The quantitative estimate of drug-likeness (QED) is 0.185. The first kappa shape index (κ1) is 28.3. The van der Waals surface area contributed by atoms with Crippen molar-refractivity contribution in [3.05, 3.63) is 96.9 Å². The van der Waals surface area contributed by atoms with Gasteiger partial charge >= 0.3 is 16.4 Å². The van der Waals surface area contributed by atoms with Crippen molar-refractivity contribution in [3.8, 4) is 0 Å². The first-order valence-electron chi connectivity index (χ1n) is 10.5. The molecule has 0 bridgehead atoms. The van der Waals surface area contributed by atoms with Crippen molar-refractivity contribution in [2.45, 2.75) is 11.8 Å². The van der Waals surface area contributed by atoms with Crippen LogP contribution in [0.1, 0.15) is 15.9 Å². The Morgan fingerprint density at radius 1 is 0.921 bits per heavy atom. The Bertz CT molecular complexity index is 1810. The summed E-state index contributed by atoms with van der Waals surface area (Å²) in [5.74, 6) is -2.27. The zero-order valence-electron chi connectivity index (χ0n) is 19.5. The lowest BCUT2D eigenvalue weighted by Gasteiger charge is -2.05. The fourth-order valence-corrected chi connectivity index (χ4v) is 4.54. The van der Waals surface area contributed by atoms with Gasteiger partial charge in [-0.25, -0.2) is 17.4 Å². The number of aryl methyl sites for hydroxylation is 1. The predicted octanol–water partition coefficient (Wildman–Crippen LogP) is -0.262. The average molecular weight is 565 g/mol. The van der Waals surface area contributed by atoms with E-state index in [9.17, 15) is 36.3 Å². The second-order valence-electron chi connectivity index (χ2n) is 7.66. The van der Waals surface area contributed by atoms with Gasteiger partial charge in [-0.05, 0) is 48.9 Å². The third-order valence-corrected chi connectivity index (χ3v) is 6.99. The number of hydrogen-bond donors (Lipinski definition) is 4. The van der Waals surface area contributed by atoms with Crippen molar-refractivity contribution in [2.75, 3.05) is 23.2 Å². The third-order valence-electron chi connectivity index (χ3n) is 4.83. The van der Waals surface area contributed by atoms with Crippen LogP contribution in [0.4, 0.5) is 11.4 Å². The predicted molar refractivity (Wildman–Crippen MR) is 134 cm³/mol. The molecular formula is C22H20N4O10S2. The highest BCUT2D eigenvalue weighted by molar-refractivity contribution is 7.91. The minimum absolute atomic E-state index is 0.163. The van der Waals surface area contributed by atoms with E-state index in [0.29, 0.717) is 11.8 Å². The Morgan fingerprint density at radius 2 is 1.55 bits per heavy atom. The van der Waals surface area contributed by atoms with Gasteiger partial charge in [0.25, 0.3) is 0 Å². The smallest absolute Gasteiger partial charge is 0.397 e. The largest absolute Gasteiger partial charge is 0.478 e. The molecule has 0 spiro atoms. The highest BCUT2D eigenvalue weighted by Gasteiger charge is 2.17. The summed E-state index contributed by atoms with van der Waals surface area (Å²) in [5, 5.41) is 15.9. The van der Waals surface area contributed by atoms with Gasteiger partial charge in [0.1, 0.15) is 5.36 Å². The van der Waals surface area contributed by atoms with Gasteiger partial charge in [0.2, 0.25) is 10.9 Å². The van der Waals surface area contributed by atoms with E-state index >= 15 is 0 Å². The van der Waals surface area contributed by atoms with Crippen molar-refractivity contribution in [1.82, 2.24) is 0 Å². The summed E-state index contributed by atoms with van der Waals surface area (Å²) in [4.78, 5) is 36.7. The minimum atomic E-state index is -4.79. The Morgan fingerprint density at radius 3 is 2.16 bits per heavy atom. The molecule has 0 saturated carbocycles. The average Bonchev–Trinajstić information content (AvgIpc) is 2.82. The summed E-state index contributed by atoms with van der Waals surface area (Å²) < 4.78 is 58.2. The molecule has 0 saturated heterocycles. The zero-order chi connectivity index (χ0) is 28.1. The van der Waals surface area contributed by atoms with E-state index < -0.39 is 65.7 Å². The van der Waals surface area contributed by atoms with Crippen molar-refractivity contribution in [3.63, 3.8) is 0 Å². The number of nitrogens with one attached hydrogen (secondary N) is 2. The molecule has 0 heterocycles. The number of carboxylic acids is 1. The van der Waals surface area contributed by atoms with Crippen LogP contribution >= 0.6 is 0 Å². The van der Waals surface area contributed by atoms with Gasteiger partial charge in [-0.3, -0.25) is 25.0 Å². The van der Waals surface area contributed by atoms with Gasteiger partial charge in [0.15, 0.2) is 15.2 Å². The number of rotatable bonds is 10. The highest BCUT2D eigenvalue weighted by atomic mass is 32.3. The lowest BCUT2D eigenvalue weighted by atomic mass is 10.2. The molecule has 0 unspecified atom stereocenters. The zero-order valence-corrected chi connectivity index (χ0v) is 21.1. The van der Waals surface area contributed by atoms with Gasteiger partial charge in [-0.1, -0.05) is 12.1 Å². The summed E-state index contributed by atoms with van der Waals surface area (Å²) in [6.07, 6.45) is 0. The summed E-state index contributed by atoms with van der Waals surface area (Å²) in [6, 6.07) is 12.4. The number of sulfone groups is 1. The van der Waals surface area contributed by atoms with E-state index in [0.717, 1.165) is 17.7 Å². The molecule has 0 amide bonds. The lowest BCUT2D eigenvalue weighted by Crippen LogP contribution is -2.50. The molecule has 0 aliphatic heterocycles. The van der Waals surface area contributed by atoms with E-state index in [1.54, 1.807) is 18.2 Å². The summed E-state index contributed by atoms with van der Waals surface area (Å²) >= 11 is 0. The molecule has 16 heteroatoms. The lowest BCUT2D eigenvalue weighted by molar-refractivity contribution is 0.0694. The second kappa shape index (κ2) is 11.4. The third kappa shape index (κ3) is 7.39. The maximum atomic E-state index is 12.9. The molecule has 14 nitrogen and oxygen atoms in total. The maximum absolute atomic E-state index is 12.9. The molecule has 0 aliphatic rings. The Balaban J connectivity index is 1.90. The molecule has 200 valence electrons. The van der Waals surface area contributed by atoms with Gasteiger partial charge < -0.3 is 5.11 Å². The van der Waals surface area contributed by atoms with Crippen LogP contribution in [0.3, 0.4) is 0 Å². The van der Waals surface area contributed by atoms with Gasteiger partial charge in [0.05, 0.1) is 34.2 Å². The van der Waals surface area contributed by atoms with Crippen molar-refractivity contribution >= 4 is 37.6 Å². The normalized spacial score (nSPS) is 12.9. The molecule has 0 aliphatic carbocycles. The molecular weight excluding hydrogens is 544 g/mol. The molecule has 0 atom stereocenters. The number of anilines is 2. The molecule has 0 aromatic heterocycles. The van der Waals surface area contributed by atoms with Gasteiger partial charge in [0, 0.05) is 6.07 Å². The van der Waals surface area contributed by atoms with Crippen LogP contribution in [0.2, 0.25) is 0 Å². The first-order chi connectivity index (χ1) is 17.8. The topological polar surface area (TPSA) is 218 Å². The highest BCUT2D eigenvalue weighted by Crippen LogP contribution is 2.15. The fourth-order valence-electron chi connectivity index (χ4n) is 3.05. The van der Waals surface area contributed by atoms with Crippen LogP contribution in [0.5, 0.6) is 0 Å². The second-order valence-corrected chi connectivity index (χ2v) is 10.9. The van der Waals surface area contributed by atoms with Gasteiger partial charge in [-0.2, -0.15) is 18.6 Å². The standard InChI is InChI=1S/C22H20N4O10S2/c1-13-3-2-4-15(11-13)24-25-19-17(22(29)30)12-18(27)20(21(19)28)26-23-14-5-7-16(8-6-14)37(31,32)10-9-36-38(33,34)35/h2-8,11-12,23-24H,9-10H2,1H3,(H,29,30)(H,33,34,35). The molecule has 3 rings (SSSR count). The van der Waals surface area contributed by atoms with Crippen LogP contribution in [0.15, 0.2) is 79.3 Å². The van der Waals surface area contributed by atoms with E-state index in [-0.39, 0.29) is 10.6 Å². The van der Waals surface area contributed by atoms with E-state index in [1.165, 1.54) is 12.1 Å². The number of aromatic carboxylic acids is 1. The Kier molecular flexibility index (Phi) is 8.52. The van der Waals surface area contributed by atoms with E-state index in [2.05, 4.69) is 25.2 Å². The molecule has 0 radical (unpaired) electrons. The van der Waals surface area contributed by atoms with Crippen molar-refractivity contribution in [2.24, 2.45) is 10.2 Å². The number of carbonyl (C=O) groups is 1. The molecule has 3 aromatic carbocycles. The molecule has 0 fully saturated rings. The van der Waals surface area contributed by atoms with Crippen LogP contribution in [-0.4, -0.2) is 44.8 Å². The SMILES string of the molecule is Cc1cccc(NN=c2c(C(=O)O)cc(=O)c(=NNc3ccc(S(=O)(=O)CCOS(=O)(=O)O)cc3)c2=O)c1. The van der Waals surface area contributed by atoms with Crippen LogP contribution in [0.25, 0.3) is 0 Å². The number of carboxylic acid groups (broad SMARTS) is 1. The molecule has 38 heavy (non-hydrogen) atoms. The first-order valence-corrected chi connectivity index (χ1v) is 13.5. The maximum Gasteiger partial charge on any atom is 0.397 e. The number of hydrogen-bond acceptors (Lipinski definition) is 12. The summed E-state index contributed by atoms with van der Waals surface area (Å²) in [5.41, 5.74) is 3.88. The molecule has 3 aromatic rings. The summed E-state index contributed by atoms with van der Waals surface area (Å²) in [7, 11) is -8.75. The monoisotopic (exact) mass is 564 g/mol.